The van der Waals surface area contributed by atoms with Gasteiger partial charge in [0, 0.05) is 30.5 Å². The average Bonchev–Trinajstić information content (AvgIpc) is 3.47. The Hall–Kier alpha value is -3.66. The molecule has 6 rings (SSSR count). The summed E-state index contributed by atoms with van der Waals surface area (Å²) in [6, 6.07) is 15.6. The first-order valence-corrected chi connectivity index (χ1v) is 14.8. The Kier molecular flexibility index (Phi) is 11.2. The van der Waals surface area contributed by atoms with E-state index in [1.165, 1.54) is 0 Å². The van der Waals surface area contributed by atoms with Crippen molar-refractivity contribution in [3.05, 3.63) is 95.2 Å². The van der Waals surface area contributed by atoms with Gasteiger partial charge in [0.15, 0.2) is 0 Å². The van der Waals surface area contributed by atoms with Crippen molar-refractivity contribution in [1.82, 2.24) is 19.7 Å². The molecule has 11 heteroatoms. The number of benzene rings is 1. The number of carbonyl (C=O) groups is 1. The van der Waals surface area contributed by atoms with E-state index in [-0.39, 0.29) is 42.4 Å². The van der Waals surface area contributed by atoms with Gasteiger partial charge in [0.2, 0.25) is 5.91 Å². The van der Waals surface area contributed by atoms with Crippen LogP contribution in [0, 0.1) is 0 Å². The van der Waals surface area contributed by atoms with Gasteiger partial charge in [-0.2, -0.15) is 5.10 Å². The molecule has 1 atom stereocenters. The van der Waals surface area contributed by atoms with Crippen LogP contribution in [0.15, 0.2) is 67.1 Å². The predicted molar refractivity (Wildman–Crippen MR) is 176 cm³/mol. The number of aromatic nitrogens is 4. The van der Waals surface area contributed by atoms with Crippen molar-refractivity contribution in [2.45, 2.75) is 58.0 Å². The summed E-state index contributed by atoms with van der Waals surface area (Å²) in [7, 11) is 0. The number of ether oxygens (including phenoxy) is 1. The van der Waals surface area contributed by atoms with E-state index in [1.807, 2.05) is 64.4 Å². The number of phenols is 1. The minimum absolute atomic E-state index is 0. The highest BCUT2D eigenvalue weighted by Gasteiger charge is 2.32. The number of anilines is 2. The standard InChI is InChI=1S/C33H38N6O3.2ClH/c1-23(2)30-13-12-26(19-34-30)39(33(41)29-9-4-8-28-27(29)7-5-10-31(28)40)21-24-18-35-38(20-24)22-25-6-3-11-32(36-25)37-14-16-42-17-15-37;;/h3,5-7,10-13,18-20,23,29,40H,4,8-9,14-17,21-22H2,1-2H3;2*1H. The Morgan fingerprint density at radius 2 is 1.86 bits per heavy atom. The first-order valence-electron chi connectivity index (χ1n) is 14.8. The number of nitrogens with zero attached hydrogens (tertiary/aromatic N) is 6. The summed E-state index contributed by atoms with van der Waals surface area (Å²) in [5.41, 5.74) is 5.39. The molecule has 4 aromatic rings. The molecule has 1 aromatic carbocycles. The molecule has 2 aliphatic rings. The van der Waals surface area contributed by atoms with Gasteiger partial charge in [-0.3, -0.25) is 14.5 Å². The van der Waals surface area contributed by atoms with Crippen LogP contribution in [0.5, 0.6) is 5.75 Å². The normalized spacial score (nSPS) is 16.1. The average molecular weight is 640 g/mol. The third kappa shape index (κ3) is 7.34. The van der Waals surface area contributed by atoms with E-state index >= 15 is 0 Å². The van der Waals surface area contributed by atoms with Crippen LogP contribution in [0.25, 0.3) is 0 Å². The van der Waals surface area contributed by atoms with Gasteiger partial charge in [0.25, 0.3) is 0 Å². The lowest BCUT2D eigenvalue weighted by Gasteiger charge is -2.31. The number of fused-ring (bicyclic) bond motifs is 1. The van der Waals surface area contributed by atoms with Crippen molar-refractivity contribution >= 4 is 42.2 Å². The van der Waals surface area contributed by atoms with Crippen LogP contribution in [0.1, 0.15) is 66.6 Å². The lowest BCUT2D eigenvalue weighted by Crippen LogP contribution is -2.36. The molecule has 44 heavy (non-hydrogen) atoms. The molecular formula is C33H40Cl2N6O3. The second kappa shape index (κ2) is 14.9. The SMILES string of the molecule is CC(C)c1ccc(N(Cc2cnn(Cc3cccc(N4CCOCC4)n3)c2)C(=O)C2CCCc3c(O)cccc32)cn1.Cl.Cl. The molecule has 0 saturated carbocycles. The lowest BCUT2D eigenvalue weighted by molar-refractivity contribution is -0.120. The van der Waals surface area contributed by atoms with E-state index in [0.29, 0.717) is 32.2 Å². The van der Waals surface area contributed by atoms with Gasteiger partial charge in [0.05, 0.1) is 56.0 Å². The third-order valence-corrected chi connectivity index (χ3v) is 8.20. The van der Waals surface area contributed by atoms with E-state index in [9.17, 15) is 9.90 Å². The summed E-state index contributed by atoms with van der Waals surface area (Å²) < 4.78 is 7.35. The van der Waals surface area contributed by atoms with E-state index in [1.54, 1.807) is 12.3 Å². The van der Waals surface area contributed by atoms with Crippen LogP contribution >= 0.6 is 24.8 Å². The maximum absolute atomic E-state index is 14.2. The lowest BCUT2D eigenvalue weighted by atomic mass is 9.81. The van der Waals surface area contributed by atoms with E-state index in [4.69, 9.17) is 9.72 Å². The second-order valence-electron chi connectivity index (χ2n) is 11.4. The quantitative estimate of drug-likeness (QED) is 0.257. The van der Waals surface area contributed by atoms with Gasteiger partial charge in [-0.05, 0) is 66.6 Å². The highest BCUT2D eigenvalue weighted by molar-refractivity contribution is 5.98. The minimum Gasteiger partial charge on any atom is -0.508 e. The zero-order valence-corrected chi connectivity index (χ0v) is 26.8. The highest BCUT2D eigenvalue weighted by atomic mass is 35.5. The Morgan fingerprint density at radius 1 is 1.07 bits per heavy atom. The number of phenolic OH excluding ortho intramolecular Hbond substituents is 1. The maximum Gasteiger partial charge on any atom is 0.234 e. The van der Waals surface area contributed by atoms with Crippen LogP contribution in [0.3, 0.4) is 0 Å². The molecular weight excluding hydrogens is 599 g/mol. The fraction of sp³-hybridized carbons (Fsp3) is 0.394. The van der Waals surface area contributed by atoms with Crippen molar-refractivity contribution in [2.24, 2.45) is 0 Å². The van der Waals surface area contributed by atoms with E-state index < -0.39 is 0 Å². The molecule has 1 fully saturated rings. The van der Waals surface area contributed by atoms with Gasteiger partial charge in [0.1, 0.15) is 11.6 Å². The second-order valence-corrected chi connectivity index (χ2v) is 11.4. The van der Waals surface area contributed by atoms with Crippen molar-refractivity contribution in [2.75, 3.05) is 36.1 Å². The van der Waals surface area contributed by atoms with Gasteiger partial charge in [-0.15, -0.1) is 24.8 Å². The fourth-order valence-corrected chi connectivity index (χ4v) is 5.92. The largest absolute Gasteiger partial charge is 0.508 e. The topological polar surface area (TPSA) is 96.6 Å². The number of aromatic hydroxyl groups is 1. The molecule has 9 nitrogen and oxygen atoms in total. The molecule has 3 aromatic heterocycles. The van der Waals surface area contributed by atoms with Crippen LogP contribution < -0.4 is 9.80 Å². The first-order chi connectivity index (χ1) is 20.5. The third-order valence-electron chi connectivity index (χ3n) is 8.20. The summed E-state index contributed by atoms with van der Waals surface area (Å²) in [5, 5.41) is 15.1. The van der Waals surface area contributed by atoms with Crippen LogP contribution in [0.2, 0.25) is 0 Å². The molecule has 1 amide bonds. The monoisotopic (exact) mass is 638 g/mol. The number of rotatable bonds is 8. The summed E-state index contributed by atoms with van der Waals surface area (Å²) in [5.74, 6) is 1.20. The number of amides is 1. The summed E-state index contributed by atoms with van der Waals surface area (Å²) in [6.07, 6.45) is 7.99. The molecule has 1 unspecified atom stereocenters. The number of pyridine rings is 2. The summed E-state index contributed by atoms with van der Waals surface area (Å²) in [6.45, 7) is 8.22. The molecule has 1 N–H and O–H groups in total. The molecule has 234 valence electrons. The number of hydrogen-bond donors (Lipinski definition) is 1. The molecule has 4 heterocycles. The van der Waals surface area contributed by atoms with Crippen molar-refractivity contribution < 1.29 is 14.6 Å². The smallest absolute Gasteiger partial charge is 0.234 e. The van der Waals surface area contributed by atoms with Crippen molar-refractivity contribution in [3.63, 3.8) is 0 Å². The van der Waals surface area contributed by atoms with Gasteiger partial charge >= 0.3 is 0 Å². The van der Waals surface area contributed by atoms with Crippen LogP contribution in [-0.4, -0.2) is 57.1 Å². The fourth-order valence-electron chi connectivity index (χ4n) is 5.92. The van der Waals surface area contributed by atoms with Crippen LogP contribution in [0.4, 0.5) is 11.5 Å². The van der Waals surface area contributed by atoms with E-state index in [2.05, 4.69) is 28.8 Å². The number of hydrogen-bond acceptors (Lipinski definition) is 7. The Labute approximate surface area is 271 Å². The molecule has 1 saturated heterocycles. The molecule has 0 radical (unpaired) electrons. The molecule has 1 aliphatic heterocycles. The van der Waals surface area contributed by atoms with Crippen LogP contribution in [-0.2, 0) is 29.0 Å². The highest BCUT2D eigenvalue weighted by Crippen LogP contribution is 2.38. The first kappa shape index (κ1) is 33.2. The maximum atomic E-state index is 14.2. The zero-order valence-electron chi connectivity index (χ0n) is 25.1. The molecule has 0 spiro atoms. The molecule has 0 bridgehead atoms. The number of morpholine rings is 1. The Morgan fingerprint density at radius 3 is 2.61 bits per heavy atom. The predicted octanol–water partition coefficient (Wildman–Crippen LogP) is 5.88. The molecule has 1 aliphatic carbocycles. The van der Waals surface area contributed by atoms with Gasteiger partial charge in [-0.1, -0.05) is 32.0 Å². The summed E-state index contributed by atoms with van der Waals surface area (Å²) >= 11 is 0. The number of carbonyl (C=O) groups excluding carboxylic acids is 1. The van der Waals surface area contributed by atoms with Gasteiger partial charge < -0.3 is 19.6 Å². The Bertz CT molecular complexity index is 1540. The van der Waals surface area contributed by atoms with E-state index in [0.717, 1.165) is 71.9 Å². The van der Waals surface area contributed by atoms with Crippen molar-refractivity contribution in [3.8, 4) is 5.75 Å². The minimum atomic E-state index is -0.326. The zero-order chi connectivity index (χ0) is 29.1. The van der Waals surface area contributed by atoms with Gasteiger partial charge in [-0.25, -0.2) is 4.98 Å². The summed E-state index contributed by atoms with van der Waals surface area (Å²) in [4.78, 5) is 27.8. The number of halogens is 2. The Balaban J connectivity index is 0.00000221. The van der Waals surface area contributed by atoms with Crippen molar-refractivity contribution in [1.29, 1.82) is 0 Å².